The van der Waals surface area contributed by atoms with Crippen LogP contribution >= 0.6 is 0 Å². The van der Waals surface area contributed by atoms with Crippen molar-refractivity contribution in [2.24, 2.45) is 5.92 Å². The van der Waals surface area contributed by atoms with E-state index in [9.17, 15) is 4.79 Å². The Kier molecular flexibility index (Phi) is 4.53. The summed E-state index contributed by atoms with van der Waals surface area (Å²) in [5, 5.41) is 0. The minimum Gasteiger partial charge on any atom is -0.492 e. The summed E-state index contributed by atoms with van der Waals surface area (Å²) in [5.41, 5.74) is 7.12. The first-order valence-electron chi connectivity index (χ1n) is 7.36. The van der Waals surface area contributed by atoms with Crippen molar-refractivity contribution in [3.63, 3.8) is 0 Å². The van der Waals surface area contributed by atoms with Crippen LogP contribution in [0.25, 0.3) is 0 Å². The van der Waals surface area contributed by atoms with Crippen molar-refractivity contribution in [1.29, 1.82) is 0 Å². The van der Waals surface area contributed by atoms with Gasteiger partial charge < -0.3 is 15.4 Å². The van der Waals surface area contributed by atoms with E-state index >= 15 is 0 Å². The largest absolute Gasteiger partial charge is 0.492 e. The molecule has 0 heterocycles. The zero-order chi connectivity index (χ0) is 14.7. The fourth-order valence-electron chi connectivity index (χ4n) is 2.31. The third-order valence-electron chi connectivity index (χ3n) is 3.37. The number of rotatable bonds is 6. The van der Waals surface area contributed by atoms with E-state index in [1.54, 1.807) is 18.2 Å². The van der Waals surface area contributed by atoms with Gasteiger partial charge in [0.15, 0.2) is 0 Å². The van der Waals surface area contributed by atoms with Gasteiger partial charge in [0.05, 0.1) is 12.3 Å². The van der Waals surface area contributed by atoms with Crippen LogP contribution < -0.4 is 10.5 Å². The number of carbonyl (C=O) groups is 1. The van der Waals surface area contributed by atoms with Gasteiger partial charge in [-0.15, -0.1) is 0 Å². The van der Waals surface area contributed by atoms with Gasteiger partial charge in [-0.25, -0.2) is 0 Å². The summed E-state index contributed by atoms with van der Waals surface area (Å²) in [6.45, 7) is 7.55. The molecule has 110 valence electrons. The highest BCUT2D eigenvalue weighted by Crippen LogP contribution is 2.30. The molecule has 1 aromatic carbocycles. The normalized spacial score (nSPS) is 14.4. The number of hydrogen-bond acceptors (Lipinski definition) is 3. The summed E-state index contributed by atoms with van der Waals surface area (Å²) < 4.78 is 5.41. The van der Waals surface area contributed by atoms with Gasteiger partial charge in [-0.05, 0) is 43.9 Å². The molecule has 0 saturated heterocycles. The van der Waals surface area contributed by atoms with Gasteiger partial charge in [0.2, 0.25) is 0 Å². The van der Waals surface area contributed by atoms with Crippen LogP contribution in [0.15, 0.2) is 18.2 Å². The maximum Gasteiger partial charge on any atom is 0.254 e. The minimum absolute atomic E-state index is 0.0796. The van der Waals surface area contributed by atoms with Crippen LogP contribution in [0.5, 0.6) is 5.75 Å². The Morgan fingerprint density at radius 2 is 2.15 bits per heavy atom. The number of nitrogens with zero attached hydrogens (tertiary/aromatic N) is 1. The molecule has 0 bridgehead atoms. The Morgan fingerprint density at radius 3 is 2.65 bits per heavy atom. The Labute approximate surface area is 120 Å². The van der Waals surface area contributed by atoms with E-state index in [0.29, 0.717) is 35.6 Å². The van der Waals surface area contributed by atoms with E-state index in [1.807, 2.05) is 11.8 Å². The van der Waals surface area contributed by atoms with E-state index in [4.69, 9.17) is 10.5 Å². The lowest BCUT2D eigenvalue weighted by Gasteiger charge is -2.24. The fourth-order valence-corrected chi connectivity index (χ4v) is 2.31. The lowest BCUT2D eigenvalue weighted by atomic mass is 10.1. The zero-order valence-corrected chi connectivity index (χ0v) is 12.6. The number of amides is 1. The molecule has 0 aromatic heterocycles. The highest BCUT2D eigenvalue weighted by Gasteiger charge is 2.33. The number of nitrogen functional groups attached to an aromatic ring is 1. The number of nitrogens with two attached hydrogens (primary N) is 1. The van der Waals surface area contributed by atoms with E-state index < -0.39 is 0 Å². The molecular weight excluding hydrogens is 252 g/mol. The molecule has 2 rings (SSSR count). The van der Waals surface area contributed by atoms with Crippen molar-refractivity contribution >= 4 is 11.6 Å². The Morgan fingerprint density at radius 1 is 1.45 bits per heavy atom. The molecule has 2 N–H and O–H groups in total. The molecule has 1 aliphatic rings. The van der Waals surface area contributed by atoms with Crippen LogP contribution in [-0.2, 0) is 0 Å². The quantitative estimate of drug-likeness (QED) is 0.813. The molecule has 0 spiro atoms. The summed E-state index contributed by atoms with van der Waals surface area (Å²) in [7, 11) is 0. The standard InChI is InChI=1S/C16H24N2O2/c1-4-20-15-8-5-12(9-14(15)17)16(19)18(10-11(2)3)13-6-7-13/h5,8-9,11,13H,4,6-7,10,17H2,1-3H3. The molecule has 0 aliphatic heterocycles. The third kappa shape index (κ3) is 3.44. The average molecular weight is 276 g/mol. The van der Waals surface area contributed by atoms with Gasteiger partial charge in [0, 0.05) is 18.2 Å². The molecule has 4 heteroatoms. The molecule has 4 nitrogen and oxygen atoms in total. The van der Waals surface area contributed by atoms with E-state index in [2.05, 4.69) is 13.8 Å². The lowest BCUT2D eigenvalue weighted by Crippen LogP contribution is -2.36. The monoisotopic (exact) mass is 276 g/mol. The maximum absolute atomic E-state index is 12.6. The highest BCUT2D eigenvalue weighted by atomic mass is 16.5. The molecule has 1 fully saturated rings. The Bertz CT molecular complexity index is 481. The second kappa shape index (κ2) is 6.16. The third-order valence-corrected chi connectivity index (χ3v) is 3.37. The number of hydrogen-bond donors (Lipinski definition) is 1. The molecule has 0 atom stereocenters. The molecular formula is C16H24N2O2. The molecule has 0 radical (unpaired) electrons. The summed E-state index contributed by atoms with van der Waals surface area (Å²) in [4.78, 5) is 14.6. The minimum atomic E-state index is 0.0796. The van der Waals surface area contributed by atoms with Crippen LogP contribution in [0.4, 0.5) is 5.69 Å². The molecule has 1 amide bonds. The van der Waals surface area contributed by atoms with Gasteiger partial charge in [-0.3, -0.25) is 4.79 Å². The molecule has 1 saturated carbocycles. The van der Waals surface area contributed by atoms with Crippen molar-refractivity contribution in [2.75, 3.05) is 18.9 Å². The van der Waals surface area contributed by atoms with Crippen LogP contribution in [0.2, 0.25) is 0 Å². The van der Waals surface area contributed by atoms with Gasteiger partial charge in [0.1, 0.15) is 5.75 Å². The smallest absolute Gasteiger partial charge is 0.254 e. The van der Waals surface area contributed by atoms with Crippen LogP contribution in [0.1, 0.15) is 44.0 Å². The van der Waals surface area contributed by atoms with Crippen molar-refractivity contribution < 1.29 is 9.53 Å². The predicted molar refractivity (Wildman–Crippen MR) is 80.9 cm³/mol. The number of benzene rings is 1. The number of anilines is 1. The van der Waals surface area contributed by atoms with Gasteiger partial charge in [-0.2, -0.15) is 0 Å². The Balaban J connectivity index is 2.16. The lowest BCUT2D eigenvalue weighted by molar-refractivity contribution is 0.0722. The van der Waals surface area contributed by atoms with Gasteiger partial charge in [0.25, 0.3) is 5.91 Å². The number of carbonyl (C=O) groups excluding carboxylic acids is 1. The first-order chi connectivity index (χ1) is 9.52. The van der Waals surface area contributed by atoms with Crippen molar-refractivity contribution in [3.8, 4) is 5.75 Å². The van der Waals surface area contributed by atoms with Crippen molar-refractivity contribution in [2.45, 2.75) is 39.7 Å². The molecule has 1 aliphatic carbocycles. The van der Waals surface area contributed by atoms with E-state index in [-0.39, 0.29) is 5.91 Å². The highest BCUT2D eigenvalue weighted by molar-refractivity contribution is 5.96. The second-order valence-corrected chi connectivity index (χ2v) is 5.77. The SMILES string of the molecule is CCOc1ccc(C(=O)N(CC(C)C)C2CC2)cc1N. The predicted octanol–water partition coefficient (Wildman–Crippen LogP) is 2.93. The van der Waals surface area contributed by atoms with Crippen molar-refractivity contribution in [3.05, 3.63) is 23.8 Å². The maximum atomic E-state index is 12.6. The van der Waals surface area contributed by atoms with Crippen molar-refractivity contribution in [1.82, 2.24) is 4.90 Å². The molecule has 1 aromatic rings. The van der Waals surface area contributed by atoms with Crippen LogP contribution in [0.3, 0.4) is 0 Å². The first kappa shape index (κ1) is 14.7. The zero-order valence-electron chi connectivity index (χ0n) is 12.6. The summed E-state index contributed by atoms with van der Waals surface area (Å²) in [6, 6.07) is 5.73. The van der Waals surface area contributed by atoms with E-state index in [0.717, 1.165) is 19.4 Å². The van der Waals surface area contributed by atoms with Gasteiger partial charge >= 0.3 is 0 Å². The summed E-state index contributed by atoms with van der Waals surface area (Å²) in [6.07, 6.45) is 2.23. The molecule has 0 unspecified atom stereocenters. The van der Waals surface area contributed by atoms with Crippen LogP contribution in [0, 0.1) is 5.92 Å². The first-order valence-corrected chi connectivity index (χ1v) is 7.36. The van der Waals surface area contributed by atoms with E-state index in [1.165, 1.54) is 0 Å². The summed E-state index contributed by atoms with van der Waals surface area (Å²) in [5.74, 6) is 1.20. The molecule has 20 heavy (non-hydrogen) atoms. The fraction of sp³-hybridized carbons (Fsp3) is 0.562. The second-order valence-electron chi connectivity index (χ2n) is 5.77. The number of ether oxygens (including phenoxy) is 1. The van der Waals surface area contributed by atoms with Crippen LogP contribution in [-0.4, -0.2) is 30.0 Å². The Hall–Kier alpha value is -1.71. The summed E-state index contributed by atoms with van der Waals surface area (Å²) >= 11 is 0. The van der Waals surface area contributed by atoms with Gasteiger partial charge in [-0.1, -0.05) is 13.8 Å². The topological polar surface area (TPSA) is 55.6 Å². The average Bonchev–Trinajstić information content (AvgIpc) is 3.22.